The van der Waals surface area contributed by atoms with Crippen molar-refractivity contribution in [2.45, 2.75) is 57.3 Å². The Bertz CT molecular complexity index is 1020. The molecule has 1 aromatic carbocycles. The molecule has 2 atom stereocenters. The summed E-state index contributed by atoms with van der Waals surface area (Å²) in [6.07, 6.45) is 3.36. The number of ether oxygens (including phenoxy) is 1. The molecule has 0 radical (unpaired) electrons. The van der Waals surface area contributed by atoms with Gasteiger partial charge in [-0.1, -0.05) is 11.8 Å². The zero-order valence-corrected chi connectivity index (χ0v) is 17.6. The molecule has 7 heteroatoms. The Morgan fingerprint density at radius 3 is 2.68 bits per heavy atom. The summed E-state index contributed by atoms with van der Waals surface area (Å²) < 4.78 is 7.43. The molecule has 0 N–H and O–H groups in total. The quantitative estimate of drug-likeness (QED) is 0.620. The smallest absolute Gasteiger partial charge is 0.233 e. The van der Waals surface area contributed by atoms with Crippen molar-refractivity contribution in [2.24, 2.45) is 0 Å². The van der Waals surface area contributed by atoms with Crippen LogP contribution in [-0.4, -0.2) is 50.4 Å². The van der Waals surface area contributed by atoms with Crippen LogP contribution in [0.15, 0.2) is 29.4 Å². The molecule has 0 aliphatic carbocycles. The summed E-state index contributed by atoms with van der Waals surface area (Å²) in [5.41, 5.74) is 2.86. The summed E-state index contributed by atoms with van der Waals surface area (Å²) in [6, 6.07) is 8.70. The number of likely N-dealkylation sites (tertiary alicyclic amines) is 1. The largest absolute Gasteiger partial charge is 0.497 e. The summed E-state index contributed by atoms with van der Waals surface area (Å²) in [7, 11) is 1.66. The predicted octanol–water partition coefficient (Wildman–Crippen LogP) is 4.08. The number of piperidine rings is 1. The second kappa shape index (κ2) is 7.62. The van der Waals surface area contributed by atoms with Gasteiger partial charge in [-0.15, -0.1) is 10.2 Å². The van der Waals surface area contributed by atoms with Crippen molar-refractivity contribution in [3.8, 4) is 5.75 Å². The molecule has 28 heavy (non-hydrogen) atoms. The average molecular weight is 399 g/mol. The molecule has 1 aliphatic rings. The van der Waals surface area contributed by atoms with E-state index in [2.05, 4.69) is 30.1 Å². The number of fused-ring (bicyclic) bond motifs is 3. The second-order valence-electron chi connectivity index (χ2n) is 7.61. The van der Waals surface area contributed by atoms with E-state index in [1.165, 1.54) is 18.2 Å². The molecule has 4 rings (SSSR count). The van der Waals surface area contributed by atoms with E-state index in [9.17, 15) is 4.79 Å². The van der Waals surface area contributed by atoms with Crippen LogP contribution in [0.25, 0.3) is 16.6 Å². The molecule has 0 spiro atoms. The van der Waals surface area contributed by atoms with Crippen molar-refractivity contribution in [2.75, 3.05) is 12.9 Å². The van der Waals surface area contributed by atoms with E-state index in [0.717, 1.165) is 45.9 Å². The van der Waals surface area contributed by atoms with E-state index < -0.39 is 0 Å². The minimum absolute atomic E-state index is 0.177. The highest BCUT2D eigenvalue weighted by atomic mass is 32.2. The van der Waals surface area contributed by atoms with E-state index >= 15 is 0 Å². The molecule has 0 saturated carbocycles. The summed E-state index contributed by atoms with van der Waals surface area (Å²) in [4.78, 5) is 15.0. The normalized spacial score (nSPS) is 20.1. The number of methoxy groups -OCH3 is 1. The van der Waals surface area contributed by atoms with Crippen LogP contribution in [0.1, 0.15) is 38.7 Å². The number of carbonyl (C=O) groups excluding carboxylic acids is 1. The highest BCUT2D eigenvalue weighted by molar-refractivity contribution is 7.99. The van der Waals surface area contributed by atoms with Crippen molar-refractivity contribution in [3.63, 3.8) is 0 Å². The van der Waals surface area contributed by atoms with Crippen LogP contribution in [0.3, 0.4) is 0 Å². The molecular formula is C21H26N4O2S. The summed E-state index contributed by atoms with van der Waals surface area (Å²) >= 11 is 1.46. The number of pyridine rings is 1. The van der Waals surface area contributed by atoms with Gasteiger partial charge in [0.1, 0.15) is 5.75 Å². The van der Waals surface area contributed by atoms with Crippen molar-refractivity contribution in [1.29, 1.82) is 0 Å². The number of aryl methyl sites for hydroxylation is 1. The highest BCUT2D eigenvalue weighted by Crippen LogP contribution is 2.29. The Morgan fingerprint density at radius 1 is 1.21 bits per heavy atom. The zero-order chi connectivity index (χ0) is 19.8. The fraction of sp³-hybridized carbons (Fsp3) is 0.476. The van der Waals surface area contributed by atoms with Crippen molar-refractivity contribution < 1.29 is 9.53 Å². The van der Waals surface area contributed by atoms with Gasteiger partial charge < -0.3 is 9.64 Å². The van der Waals surface area contributed by atoms with Gasteiger partial charge in [-0.2, -0.15) is 0 Å². The van der Waals surface area contributed by atoms with Gasteiger partial charge in [-0.3, -0.25) is 9.20 Å². The third-order valence-electron chi connectivity index (χ3n) is 5.64. The number of amides is 1. The van der Waals surface area contributed by atoms with Crippen molar-refractivity contribution >= 4 is 34.2 Å². The van der Waals surface area contributed by atoms with Crippen LogP contribution in [0, 0.1) is 6.92 Å². The number of hydrogen-bond acceptors (Lipinski definition) is 5. The van der Waals surface area contributed by atoms with Gasteiger partial charge in [0.05, 0.1) is 18.4 Å². The van der Waals surface area contributed by atoms with Gasteiger partial charge in [-0.05, 0) is 69.2 Å². The number of nitrogens with zero attached hydrogens (tertiary/aromatic N) is 4. The topological polar surface area (TPSA) is 59.7 Å². The van der Waals surface area contributed by atoms with E-state index in [1.54, 1.807) is 7.11 Å². The summed E-state index contributed by atoms with van der Waals surface area (Å²) in [6.45, 7) is 6.33. The first kappa shape index (κ1) is 19.1. The van der Waals surface area contributed by atoms with E-state index in [0.29, 0.717) is 17.8 Å². The molecule has 1 aliphatic heterocycles. The Balaban J connectivity index is 1.66. The lowest BCUT2D eigenvalue weighted by Gasteiger charge is -2.39. The number of aromatic nitrogens is 3. The first-order chi connectivity index (χ1) is 13.5. The fourth-order valence-electron chi connectivity index (χ4n) is 4.21. The lowest BCUT2D eigenvalue weighted by Crippen LogP contribution is -2.48. The van der Waals surface area contributed by atoms with Crippen LogP contribution in [0.2, 0.25) is 0 Å². The minimum atomic E-state index is 0.177. The van der Waals surface area contributed by atoms with Crippen molar-refractivity contribution in [3.05, 3.63) is 29.8 Å². The highest BCUT2D eigenvalue weighted by Gasteiger charge is 2.29. The van der Waals surface area contributed by atoms with E-state index in [-0.39, 0.29) is 5.91 Å². The number of hydrogen-bond donors (Lipinski definition) is 0. The van der Waals surface area contributed by atoms with Gasteiger partial charge in [-0.25, -0.2) is 0 Å². The van der Waals surface area contributed by atoms with Crippen LogP contribution in [0.4, 0.5) is 0 Å². The molecule has 6 nitrogen and oxygen atoms in total. The molecule has 1 saturated heterocycles. The standard InChI is InChI=1S/C21H26N4O2S/c1-13-10-16-8-9-17(27-4)11-18(16)25-20(13)22-23-21(25)28-12-19(26)24-14(2)6-5-7-15(24)3/h8-11,14-15H,5-7,12H2,1-4H3/t14-,15-/m1/s1. The SMILES string of the molecule is COc1ccc2cc(C)c3nnc(SCC(=O)N4[C@H](C)CCC[C@H]4C)n3c2c1. The first-order valence-electron chi connectivity index (χ1n) is 9.76. The Morgan fingerprint density at radius 2 is 1.96 bits per heavy atom. The van der Waals surface area contributed by atoms with Crippen LogP contribution in [0.5, 0.6) is 5.75 Å². The monoisotopic (exact) mass is 398 g/mol. The molecule has 148 valence electrons. The lowest BCUT2D eigenvalue weighted by atomic mass is 9.98. The third-order valence-corrected chi connectivity index (χ3v) is 6.56. The molecule has 3 heterocycles. The Hall–Kier alpha value is -2.28. The lowest BCUT2D eigenvalue weighted by molar-refractivity contribution is -0.134. The molecule has 1 amide bonds. The number of carbonyl (C=O) groups is 1. The summed E-state index contributed by atoms with van der Waals surface area (Å²) in [5.74, 6) is 1.33. The van der Waals surface area contributed by atoms with Gasteiger partial charge >= 0.3 is 0 Å². The van der Waals surface area contributed by atoms with Crippen molar-refractivity contribution in [1.82, 2.24) is 19.5 Å². The van der Waals surface area contributed by atoms with Gasteiger partial charge in [0.2, 0.25) is 5.91 Å². The zero-order valence-electron chi connectivity index (χ0n) is 16.8. The number of benzene rings is 1. The van der Waals surface area contributed by atoms with Gasteiger partial charge in [0.25, 0.3) is 0 Å². The van der Waals surface area contributed by atoms with E-state index in [1.807, 2.05) is 34.4 Å². The van der Waals surface area contributed by atoms with E-state index in [4.69, 9.17) is 4.74 Å². The second-order valence-corrected chi connectivity index (χ2v) is 8.55. The third kappa shape index (κ3) is 3.32. The summed E-state index contributed by atoms with van der Waals surface area (Å²) in [5, 5.41) is 10.6. The molecule has 0 bridgehead atoms. The fourth-order valence-corrected chi connectivity index (χ4v) is 5.03. The molecule has 0 unspecified atom stereocenters. The maximum Gasteiger partial charge on any atom is 0.233 e. The maximum absolute atomic E-state index is 12.9. The van der Waals surface area contributed by atoms with Crippen LogP contribution < -0.4 is 4.74 Å². The predicted molar refractivity (Wildman–Crippen MR) is 112 cm³/mol. The number of thioether (sulfide) groups is 1. The van der Waals surface area contributed by atoms with Crippen LogP contribution in [-0.2, 0) is 4.79 Å². The Kier molecular flexibility index (Phi) is 5.19. The first-order valence-corrected chi connectivity index (χ1v) is 10.7. The molecule has 1 fully saturated rings. The molecular weight excluding hydrogens is 372 g/mol. The Labute approximate surface area is 169 Å². The maximum atomic E-state index is 12.9. The number of rotatable bonds is 4. The average Bonchev–Trinajstić information content (AvgIpc) is 3.11. The molecule has 3 aromatic rings. The van der Waals surface area contributed by atoms with Gasteiger partial charge in [0, 0.05) is 18.2 Å². The molecule has 2 aromatic heterocycles. The van der Waals surface area contributed by atoms with Gasteiger partial charge in [0.15, 0.2) is 10.8 Å². The minimum Gasteiger partial charge on any atom is -0.497 e. The van der Waals surface area contributed by atoms with Crippen LogP contribution >= 0.6 is 11.8 Å².